The normalized spacial score (nSPS) is 12.8. The zero-order valence-electron chi connectivity index (χ0n) is 30.5. The Hall–Kier alpha value is -6.70. The van der Waals surface area contributed by atoms with E-state index in [2.05, 4.69) is 219 Å². The molecule has 0 heterocycles. The fourth-order valence-corrected chi connectivity index (χ4v) is 8.69. The van der Waals surface area contributed by atoms with Gasteiger partial charge in [-0.15, -0.1) is 0 Å². The van der Waals surface area contributed by atoms with E-state index in [9.17, 15) is 0 Å². The molecule has 0 amide bonds. The van der Waals surface area contributed by atoms with E-state index in [0.29, 0.717) is 0 Å². The van der Waals surface area contributed by atoms with Crippen LogP contribution < -0.4 is 4.90 Å². The second-order valence-electron chi connectivity index (χ2n) is 14.9. The Morgan fingerprint density at radius 3 is 1.59 bits per heavy atom. The van der Waals surface area contributed by atoms with E-state index < -0.39 is 0 Å². The van der Waals surface area contributed by atoms with Crippen molar-refractivity contribution < 1.29 is 0 Å². The molecule has 1 aliphatic carbocycles. The van der Waals surface area contributed by atoms with Crippen LogP contribution in [0.1, 0.15) is 25.0 Å². The Bertz CT molecular complexity index is 2830. The molecule has 0 spiro atoms. The van der Waals surface area contributed by atoms with E-state index in [4.69, 9.17) is 0 Å². The summed E-state index contributed by atoms with van der Waals surface area (Å²) < 4.78 is 0. The van der Waals surface area contributed by atoms with Gasteiger partial charge in [0.05, 0.1) is 11.4 Å². The van der Waals surface area contributed by atoms with Crippen molar-refractivity contribution in [1.29, 1.82) is 0 Å². The van der Waals surface area contributed by atoms with Crippen LogP contribution >= 0.6 is 0 Å². The first-order chi connectivity index (χ1) is 26.5. The van der Waals surface area contributed by atoms with Gasteiger partial charge in [-0.2, -0.15) is 0 Å². The zero-order valence-corrected chi connectivity index (χ0v) is 30.5. The molecule has 0 unspecified atom stereocenters. The van der Waals surface area contributed by atoms with E-state index in [1.807, 2.05) is 0 Å². The number of para-hydroxylation sites is 1. The summed E-state index contributed by atoms with van der Waals surface area (Å²) in [7, 11) is 0. The molecule has 0 aromatic heterocycles. The highest BCUT2D eigenvalue weighted by atomic mass is 15.1. The topological polar surface area (TPSA) is 3.24 Å². The van der Waals surface area contributed by atoms with Crippen molar-refractivity contribution in [3.8, 4) is 44.5 Å². The third-order valence-electron chi connectivity index (χ3n) is 11.5. The molecule has 0 N–H and O–H groups in total. The third-order valence-corrected chi connectivity index (χ3v) is 11.5. The molecule has 0 bridgehead atoms. The van der Waals surface area contributed by atoms with Gasteiger partial charge in [-0.05, 0) is 96.6 Å². The minimum Gasteiger partial charge on any atom is -0.309 e. The minimum atomic E-state index is -0.198. The van der Waals surface area contributed by atoms with Crippen molar-refractivity contribution in [3.63, 3.8) is 0 Å². The number of hydrogen-bond donors (Lipinski definition) is 0. The second kappa shape index (κ2) is 12.8. The van der Waals surface area contributed by atoms with Crippen molar-refractivity contribution in [2.75, 3.05) is 4.90 Å². The molecule has 9 aromatic carbocycles. The average molecular weight is 690 g/mol. The quantitative estimate of drug-likeness (QED) is 0.157. The fraction of sp³-hybridized carbons (Fsp3) is 0.0566. The highest BCUT2D eigenvalue weighted by Gasteiger charge is 2.36. The van der Waals surface area contributed by atoms with Crippen molar-refractivity contribution in [1.82, 2.24) is 0 Å². The van der Waals surface area contributed by atoms with E-state index in [-0.39, 0.29) is 5.41 Å². The molecule has 1 nitrogen and oxygen atoms in total. The molecule has 10 rings (SSSR count). The standard InChI is InChI=1S/C53H39N/c1-53(2)49-33-40(38-27-25-37(26-28-38)36-15-5-3-6-16-36)29-31-46(49)47-32-30-42(35-50(47)53)54(51-24-14-13-21-44(51)39-17-7-4-8-18-39)52-34-41-19-9-10-20-43(41)45-22-11-12-23-48(45)52/h3-35H,1-2H3. The Kier molecular flexibility index (Phi) is 7.56. The lowest BCUT2D eigenvalue weighted by molar-refractivity contribution is 0.660. The molecular formula is C53H39N. The molecule has 0 saturated heterocycles. The van der Waals surface area contributed by atoms with Gasteiger partial charge in [0.25, 0.3) is 0 Å². The predicted molar refractivity (Wildman–Crippen MR) is 230 cm³/mol. The van der Waals surface area contributed by atoms with Gasteiger partial charge in [0.2, 0.25) is 0 Å². The van der Waals surface area contributed by atoms with Crippen LogP contribution in [-0.4, -0.2) is 0 Å². The van der Waals surface area contributed by atoms with E-state index in [0.717, 1.165) is 11.4 Å². The van der Waals surface area contributed by atoms with Gasteiger partial charge >= 0.3 is 0 Å². The predicted octanol–water partition coefficient (Wildman–Crippen LogP) is 14.8. The number of nitrogens with zero attached hydrogens (tertiary/aromatic N) is 1. The first-order valence-corrected chi connectivity index (χ1v) is 18.8. The summed E-state index contributed by atoms with van der Waals surface area (Å²) in [6.45, 7) is 4.77. The molecule has 0 atom stereocenters. The highest BCUT2D eigenvalue weighted by Crippen LogP contribution is 2.53. The minimum absolute atomic E-state index is 0.198. The lowest BCUT2D eigenvalue weighted by Crippen LogP contribution is -2.17. The largest absolute Gasteiger partial charge is 0.309 e. The van der Waals surface area contributed by atoms with E-state index in [1.165, 1.54) is 82.9 Å². The molecule has 0 aliphatic heterocycles. The zero-order chi connectivity index (χ0) is 36.2. The van der Waals surface area contributed by atoms with E-state index >= 15 is 0 Å². The summed E-state index contributed by atoms with van der Waals surface area (Å²) in [5.74, 6) is 0. The third kappa shape index (κ3) is 5.24. The van der Waals surface area contributed by atoms with Gasteiger partial charge in [-0.25, -0.2) is 0 Å². The van der Waals surface area contributed by atoms with Crippen molar-refractivity contribution in [2.45, 2.75) is 19.3 Å². The molecule has 0 radical (unpaired) electrons. The van der Waals surface area contributed by atoms with Crippen molar-refractivity contribution in [3.05, 3.63) is 211 Å². The first-order valence-electron chi connectivity index (χ1n) is 18.8. The molecule has 0 fully saturated rings. The second-order valence-corrected chi connectivity index (χ2v) is 14.9. The molecule has 0 saturated carbocycles. The average Bonchev–Trinajstić information content (AvgIpc) is 3.46. The smallest absolute Gasteiger partial charge is 0.0546 e. The van der Waals surface area contributed by atoms with Gasteiger partial charge in [0.15, 0.2) is 0 Å². The highest BCUT2D eigenvalue weighted by molar-refractivity contribution is 6.15. The van der Waals surface area contributed by atoms with Gasteiger partial charge in [-0.3, -0.25) is 0 Å². The molecule has 54 heavy (non-hydrogen) atoms. The van der Waals surface area contributed by atoms with Gasteiger partial charge in [0, 0.05) is 22.1 Å². The maximum absolute atomic E-state index is 2.50. The molecule has 1 heteroatoms. The lowest BCUT2D eigenvalue weighted by Gasteiger charge is -2.31. The van der Waals surface area contributed by atoms with Crippen LogP contribution in [0.2, 0.25) is 0 Å². The number of benzene rings is 9. The summed E-state index contributed by atoms with van der Waals surface area (Å²) in [5.41, 5.74) is 16.0. The summed E-state index contributed by atoms with van der Waals surface area (Å²) in [5, 5.41) is 4.98. The monoisotopic (exact) mass is 689 g/mol. The lowest BCUT2D eigenvalue weighted by atomic mass is 9.81. The van der Waals surface area contributed by atoms with Gasteiger partial charge < -0.3 is 4.90 Å². The SMILES string of the molecule is CC1(C)c2cc(-c3ccc(-c4ccccc4)cc3)ccc2-c2ccc(N(c3ccccc3-c3ccccc3)c3cc4ccccc4c4ccccc34)cc21. The molecule has 1 aliphatic rings. The van der Waals surface area contributed by atoms with Crippen molar-refractivity contribution >= 4 is 38.6 Å². The van der Waals surface area contributed by atoms with Crippen LogP contribution in [-0.2, 0) is 5.41 Å². The summed E-state index contributed by atoms with van der Waals surface area (Å²) >= 11 is 0. The van der Waals surface area contributed by atoms with Crippen LogP contribution in [0.3, 0.4) is 0 Å². The Labute approximate surface area is 317 Å². The van der Waals surface area contributed by atoms with Gasteiger partial charge in [0.1, 0.15) is 0 Å². The Balaban J connectivity index is 1.13. The van der Waals surface area contributed by atoms with Crippen LogP contribution in [0.25, 0.3) is 66.1 Å². The number of anilines is 3. The first kappa shape index (κ1) is 32.0. The number of fused-ring (bicyclic) bond motifs is 6. The molecule has 9 aromatic rings. The van der Waals surface area contributed by atoms with Gasteiger partial charge in [-0.1, -0.05) is 184 Å². The number of rotatable bonds is 6. The maximum Gasteiger partial charge on any atom is 0.0546 e. The summed E-state index contributed by atoms with van der Waals surface area (Å²) in [6, 6.07) is 73.4. The van der Waals surface area contributed by atoms with Crippen LogP contribution in [0.5, 0.6) is 0 Å². The number of hydrogen-bond acceptors (Lipinski definition) is 1. The Morgan fingerprint density at radius 1 is 0.333 bits per heavy atom. The van der Waals surface area contributed by atoms with Crippen LogP contribution in [0, 0.1) is 0 Å². The maximum atomic E-state index is 2.50. The summed E-state index contributed by atoms with van der Waals surface area (Å²) in [4.78, 5) is 2.50. The molecular weight excluding hydrogens is 651 g/mol. The Morgan fingerprint density at radius 2 is 0.852 bits per heavy atom. The fourth-order valence-electron chi connectivity index (χ4n) is 8.69. The van der Waals surface area contributed by atoms with E-state index in [1.54, 1.807) is 0 Å². The van der Waals surface area contributed by atoms with Crippen LogP contribution in [0.15, 0.2) is 200 Å². The van der Waals surface area contributed by atoms with Crippen molar-refractivity contribution in [2.24, 2.45) is 0 Å². The van der Waals surface area contributed by atoms with Crippen LogP contribution in [0.4, 0.5) is 17.1 Å². The summed E-state index contributed by atoms with van der Waals surface area (Å²) in [6.07, 6.45) is 0. The molecule has 256 valence electrons.